The van der Waals surface area contributed by atoms with E-state index >= 15 is 0 Å². The highest BCUT2D eigenvalue weighted by molar-refractivity contribution is 5.89. The Hall–Kier alpha value is -3.42. The SMILES string of the molecule is C=CCCNc1nc(N(C)C(=O)OC(C)(C)C)nc(OCc2ccccc2)c1C=O. The van der Waals surface area contributed by atoms with E-state index in [0.717, 1.165) is 5.56 Å². The standard InChI is InChI=1S/C22H28N4O4/c1-6-7-13-23-18-17(14-27)19(29-15-16-11-9-8-10-12-16)25-20(24-18)26(5)21(28)30-22(2,3)4/h6,8-12,14H,1,7,13,15H2,2-5H3,(H,23,24,25). The van der Waals surface area contributed by atoms with Crippen molar-refractivity contribution in [2.75, 3.05) is 23.8 Å². The highest BCUT2D eigenvalue weighted by Gasteiger charge is 2.25. The van der Waals surface area contributed by atoms with Crippen LogP contribution in [0.4, 0.5) is 16.6 Å². The first kappa shape index (κ1) is 22.9. The number of anilines is 2. The molecular weight excluding hydrogens is 384 g/mol. The van der Waals surface area contributed by atoms with Crippen LogP contribution in [0.5, 0.6) is 5.88 Å². The molecule has 0 saturated heterocycles. The van der Waals surface area contributed by atoms with Crippen molar-refractivity contribution in [3.05, 3.63) is 54.1 Å². The van der Waals surface area contributed by atoms with Crippen molar-refractivity contribution in [1.29, 1.82) is 0 Å². The Morgan fingerprint density at radius 2 is 1.93 bits per heavy atom. The van der Waals surface area contributed by atoms with Gasteiger partial charge in [0.15, 0.2) is 6.29 Å². The molecule has 2 aromatic rings. The maximum absolute atomic E-state index is 12.5. The largest absolute Gasteiger partial charge is 0.472 e. The second-order valence-corrected chi connectivity index (χ2v) is 7.53. The number of carbonyl (C=O) groups excluding carboxylic acids is 2. The third-order valence-electron chi connectivity index (χ3n) is 3.84. The van der Waals surface area contributed by atoms with E-state index in [-0.39, 0.29) is 29.8 Å². The molecule has 0 aliphatic heterocycles. The van der Waals surface area contributed by atoms with Crippen LogP contribution >= 0.6 is 0 Å². The predicted molar refractivity (Wildman–Crippen MR) is 116 cm³/mol. The lowest BCUT2D eigenvalue weighted by Crippen LogP contribution is -2.35. The summed E-state index contributed by atoms with van der Waals surface area (Å²) in [6, 6.07) is 9.49. The molecule has 0 atom stereocenters. The van der Waals surface area contributed by atoms with Crippen LogP contribution in [-0.2, 0) is 11.3 Å². The molecule has 0 unspecified atom stereocenters. The molecule has 0 bridgehead atoms. The highest BCUT2D eigenvalue weighted by atomic mass is 16.6. The van der Waals surface area contributed by atoms with Crippen LogP contribution < -0.4 is 15.0 Å². The van der Waals surface area contributed by atoms with E-state index in [0.29, 0.717) is 19.3 Å². The van der Waals surface area contributed by atoms with Crippen molar-refractivity contribution >= 4 is 24.1 Å². The number of hydrogen-bond donors (Lipinski definition) is 1. The molecule has 30 heavy (non-hydrogen) atoms. The molecule has 2 rings (SSSR count). The van der Waals surface area contributed by atoms with Crippen molar-refractivity contribution in [2.24, 2.45) is 0 Å². The first-order chi connectivity index (χ1) is 14.2. The average Bonchev–Trinajstić information content (AvgIpc) is 2.71. The first-order valence-electron chi connectivity index (χ1n) is 9.60. The van der Waals surface area contributed by atoms with Gasteiger partial charge in [0.05, 0.1) is 0 Å². The molecule has 1 N–H and O–H groups in total. The Bertz CT molecular complexity index is 879. The summed E-state index contributed by atoms with van der Waals surface area (Å²) in [7, 11) is 1.50. The summed E-state index contributed by atoms with van der Waals surface area (Å²) in [6.45, 7) is 9.71. The molecule has 0 radical (unpaired) electrons. The molecular formula is C22H28N4O4. The van der Waals surface area contributed by atoms with Gasteiger partial charge in [-0.05, 0) is 32.8 Å². The van der Waals surface area contributed by atoms with Gasteiger partial charge in [-0.3, -0.25) is 4.79 Å². The van der Waals surface area contributed by atoms with E-state index < -0.39 is 11.7 Å². The first-order valence-corrected chi connectivity index (χ1v) is 9.60. The number of benzene rings is 1. The highest BCUT2D eigenvalue weighted by Crippen LogP contribution is 2.26. The van der Waals surface area contributed by atoms with E-state index in [1.807, 2.05) is 30.3 Å². The molecule has 0 saturated carbocycles. The maximum atomic E-state index is 12.5. The number of carbonyl (C=O) groups is 2. The molecule has 8 nitrogen and oxygen atoms in total. The smallest absolute Gasteiger partial charge is 0.416 e. The van der Waals surface area contributed by atoms with Gasteiger partial charge in [-0.15, -0.1) is 6.58 Å². The molecule has 1 aromatic carbocycles. The summed E-state index contributed by atoms with van der Waals surface area (Å²) in [6.07, 6.45) is 2.43. The Balaban J connectivity index is 2.37. The number of nitrogens with zero attached hydrogens (tertiary/aromatic N) is 3. The summed E-state index contributed by atoms with van der Waals surface area (Å²) in [5.41, 5.74) is 0.415. The molecule has 1 amide bonds. The maximum Gasteiger partial charge on any atom is 0.416 e. The molecule has 0 aliphatic carbocycles. The number of ether oxygens (including phenoxy) is 2. The van der Waals surface area contributed by atoms with Crippen LogP contribution in [0.15, 0.2) is 43.0 Å². The minimum absolute atomic E-state index is 0.0546. The minimum atomic E-state index is -0.675. The van der Waals surface area contributed by atoms with Crippen molar-refractivity contribution in [3.8, 4) is 5.88 Å². The van der Waals surface area contributed by atoms with Crippen LogP contribution in [0.1, 0.15) is 43.1 Å². The normalized spacial score (nSPS) is 10.8. The minimum Gasteiger partial charge on any atom is -0.472 e. The van der Waals surface area contributed by atoms with E-state index in [9.17, 15) is 9.59 Å². The Morgan fingerprint density at radius 1 is 1.23 bits per heavy atom. The monoisotopic (exact) mass is 412 g/mol. The summed E-state index contributed by atoms with van der Waals surface area (Å²) >= 11 is 0. The molecule has 1 heterocycles. The Morgan fingerprint density at radius 3 is 2.53 bits per heavy atom. The van der Waals surface area contributed by atoms with Crippen LogP contribution in [-0.4, -0.2) is 41.5 Å². The van der Waals surface area contributed by atoms with Crippen molar-refractivity contribution < 1.29 is 19.1 Å². The quantitative estimate of drug-likeness (QED) is 0.374. The van der Waals surface area contributed by atoms with Gasteiger partial charge < -0.3 is 14.8 Å². The van der Waals surface area contributed by atoms with Gasteiger partial charge in [0.1, 0.15) is 23.6 Å². The lowest BCUT2D eigenvalue weighted by atomic mass is 10.2. The number of aldehydes is 1. The third-order valence-corrected chi connectivity index (χ3v) is 3.84. The second kappa shape index (κ2) is 10.4. The van der Waals surface area contributed by atoms with Gasteiger partial charge in [-0.25, -0.2) is 9.69 Å². The van der Waals surface area contributed by atoms with Gasteiger partial charge >= 0.3 is 6.09 Å². The van der Waals surface area contributed by atoms with Crippen molar-refractivity contribution in [2.45, 2.75) is 39.4 Å². The summed E-state index contributed by atoms with van der Waals surface area (Å²) in [5, 5.41) is 3.07. The number of amides is 1. The fourth-order valence-corrected chi connectivity index (χ4v) is 2.37. The molecule has 160 valence electrons. The van der Waals surface area contributed by atoms with Crippen molar-refractivity contribution in [3.63, 3.8) is 0 Å². The van der Waals surface area contributed by atoms with Crippen LogP contribution in [0.25, 0.3) is 0 Å². The molecule has 1 aromatic heterocycles. The van der Waals surface area contributed by atoms with E-state index in [1.54, 1.807) is 26.8 Å². The predicted octanol–water partition coefficient (Wildman–Crippen LogP) is 4.23. The Labute approximate surface area is 176 Å². The van der Waals surface area contributed by atoms with Gasteiger partial charge in [-0.1, -0.05) is 36.4 Å². The number of hydrogen-bond acceptors (Lipinski definition) is 7. The molecule has 0 fully saturated rings. The van der Waals surface area contributed by atoms with Gasteiger partial charge in [0, 0.05) is 13.6 Å². The Kier molecular flexibility index (Phi) is 7.91. The zero-order valence-corrected chi connectivity index (χ0v) is 17.8. The topological polar surface area (TPSA) is 93.7 Å². The fourth-order valence-electron chi connectivity index (χ4n) is 2.37. The summed E-state index contributed by atoms with van der Waals surface area (Å²) < 4.78 is 11.2. The van der Waals surface area contributed by atoms with Crippen LogP contribution in [0.3, 0.4) is 0 Å². The second-order valence-electron chi connectivity index (χ2n) is 7.53. The van der Waals surface area contributed by atoms with Gasteiger partial charge in [0.25, 0.3) is 0 Å². The fraction of sp³-hybridized carbons (Fsp3) is 0.364. The summed E-state index contributed by atoms with van der Waals surface area (Å²) in [4.78, 5) is 34.0. The van der Waals surface area contributed by atoms with E-state index in [4.69, 9.17) is 9.47 Å². The van der Waals surface area contributed by atoms with Gasteiger partial charge in [0.2, 0.25) is 11.8 Å². The molecule has 0 aliphatic rings. The van der Waals surface area contributed by atoms with Crippen LogP contribution in [0.2, 0.25) is 0 Å². The zero-order valence-electron chi connectivity index (χ0n) is 17.8. The van der Waals surface area contributed by atoms with Gasteiger partial charge in [-0.2, -0.15) is 9.97 Å². The molecule has 8 heteroatoms. The molecule has 0 spiro atoms. The average molecular weight is 412 g/mol. The van der Waals surface area contributed by atoms with Crippen LogP contribution in [0, 0.1) is 0 Å². The number of aromatic nitrogens is 2. The summed E-state index contributed by atoms with van der Waals surface area (Å²) in [5.74, 6) is 0.407. The zero-order chi connectivity index (χ0) is 22.1. The number of nitrogens with one attached hydrogen (secondary N) is 1. The lowest BCUT2D eigenvalue weighted by molar-refractivity contribution is 0.0587. The number of rotatable bonds is 9. The van der Waals surface area contributed by atoms with E-state index in [1.165, 1.54) is 11.9 Å². The van der Waals surface area contributed by atoms with E-state index in [2.05, 4.69) is 21.9 Å². The third kappa shape index (κ3) is 6.58. The lowest BCUT2D eigenvalue weighted by Gasteiger charge is -2.24. The van der Waals surface area contributed by atoms with Crippen molar-refractivity contribution in [1.82, 2.24) is 9.97 Å².